The van der Waals surface area contributed by atoms with Crippen molar-refractivity contribution < 1.29 is 13.6 Å². The Morgan fingerprint density at radius 2 is 2.04 bits per heavy atom. The number of anilines is 2. The Morgan fingerprint density at radius 1 is 1.26 bits per heavy atom. The van der Waals surface area contributed by atoms with E-state index in [1.54, 1.807) is 36.4 Å². The lowest BCUT2D eigenvalue weighted by atomic mass is 10.2. The van der Waals surface area contributed by atoms with Gasteiger partial charge in [-0.2, -0.15) is 0 Å². The number of carbonyl (C=O) groups is 1. The number of carbonyl (C=O) groups excluding carboxylic acids is 1. The first-order valence-corrected chi connectivity index (χ1v) is 9.10. The predicted molar refractivity (Wildman–Crippen MR) is 110 cm³/mol. The maximum absolute atomic E-state index is 13.3. The fourth-order valence-electron chi connectivity index (χ4n) is 2.50. The monoisotopic (exact) mass is 448 g/mol. The highest BCUT2D eigenvalue weighted by Gasteiger charge is 2.09. The van der Waals surface area contributed by atoms with Gasteiger partial charge in [-0.1, -0.05) is 11.6 Å². The molecule has 7 heteroatoms. The zero-order valence-electron chi connectivity index (χ0n) is 14.2. The van der Waals surface area contributed by atoms with Crippen LogP contribution in [0.5, 0.6) is 0 Å². The van der Waals surface area contributed by atoms with Crippen LogP contribution in [0.3, 0.4) is 0 Å². The van der Waals surface area contributed by atoms with Crippen molar-refractivity contribution in [1.82, 2.24) is 0 Å². The van der Waals surface area contributed by atoms with Crippen LogP contribution in [0.15, 0.2) is 57.4 Å². The Bertz CT molecular complexity index is 1020. The number of rotatable bonds is 4. The van der Waals surface area contributed by atoms with Crippen molar-refractivity contribution in [2.75, 3.05) is 11.1 Å². The van der Waals surface area contributed by atoms with Gasteiger partial charge in [0.1, 0.15) is 17.3 Å². The summed E-state index contributed by atoms with van der Waals surface area (Å²) in [5.74, 6) is 0.196. The van der Waals surface area contributed by atoms with Gasteiger partial charge in [-0.15, -0.1) is 0 Å². The van der Waals surface area contributed by atoms with E-state index >= 15 is 0 Å². The van der Waals surface area contributed by atoms with E-state index in [-0.39, 0.29) is 10.9 Å². The number of hydrogen-bond donors (Lipinski definition) is 2. The van der Waals surface area contributed by atoms with E-state index in [0.717, 1.165) is 5.56 Å². The van der Waals surface area contributed by atoms with Crippen LogP contribution < -0.4 is 11.1 Å². The van der Waals surface area contributed by atoms with Crippen LogP contribution in [0.2, 0.25) is 5.02 Å². The standard InChI is InChI=1S/C20H15BrClFN2O2/c1-11-8-13(24)10-15(21)20(11)25-19(26)7-4-14-3-6-18(27-14)12-2-5-17(23)16(22)9-12/h2-10H,24H2,1H3,(H,25,26)/b7-4+. The van der Waals surface area contributed by atoms with Crippen LogP contribution in [-0.2, 0) is 4.79 Å². The van der Waals surface area contributed by atoms with E-state index in [4.69, 9.17) is 21.8 Å². The maximum atomic E-state index is 13.3. The molecule has 1 heterocycles. The molecule has 0 unspecified atom stereocenters. The largest absolute Gasteiger partial charge is 0.457 e. The summed E-state index contributed by atoms with van der Waals surface area (Å²) < 4.78 is 19.6. The minimum absolute atomic E-state index is 0.0183. The van der Waals surface area contributed by atoms with E-state index in [1.165, 1.54) is 18.2 Å². The molecule has 1 aromatic heterocycles. The van der Waals surface area contributed by atoms with Gasteiger partial charge >= 0.3 is 0 Å². The number of nitrogens with one attached hydrogen (secondary N) is 1. The molecule has 0 aliphatic carbocycles. The van der Waals surface area contributed by atoms with Crippen LogP contribution in [-0.4, -0.2) is 5.91 Å². The Hall–Kier alpha value is -2.57. The van der Waals surface area contributed by atoms with Crippen molar-refractivity contribution in [3.63, 3.8) is 0 Å². The van der Waals surface area contributed by atoms with E-state index in [2.05, 4.69) is 21.2 Å². The van der Waals surface area contributed by atoms with Crippen LogP contribution in [0, 0.1) is 12.7 Å². The highest BCUT2D eigenvalue weighted by molar-refractivity contribution is 9.10. The number of furan rings is 1. The molecule has 0 atom stereocenters. The highest BCUT2D eigenvalue weighted by Crippen LogP contribution is 2.29. The zero-order chi connectivity index (χ0) is 19.6. The van der Waals surface area contributed by atoms with Gasteiger partial charge in [-0.3, -0.25) is 4.79 Å². The van der Waals surface area contributed by atoms with E-state index < -0.39 is 5.82 Å². The molecule has 1 amide bonds. The minimum Gasteiger partial charge on any atom is -0.457 e. The predicted octanol–water partition coefficient (Wildman–Crippen LogP) is 6.04. The first-order chi connectivity index (χ1) is 12.8. The fourth-order valence-corrected chi connectivity index (χ4v) is 3.36. The Morgan fingerprint density at radius 3 is 2.74 bits per heavy atom. The third-order valence-electron chi connectivity index (χ3n) is 3.79. The second kappa shape index (κ2) is 7.98. The van der Waals surface area contributed by atoms with E-state index in [0.29, 0.717) is 32.9 Å². The molecule has 0 saturated heterocycles. The fraction of sp³-hybridized carbons (Fsp3) is 0.0500. The molecule has 0 fully saturated rings. The van der Waals surface area contributed by atoms with Gasteiger partial charge in [0.25, 0.3) is 0 Å². The summed E-state index contributed by atoms with van der Waals surface area (Å²) in [4.78, 5) is 12.2. The normalized spacial score (nSPS) is 11.1. The zero-order valence-corrected chi connectivity index (χ0v) is 16.6. The maximum Gasteiger partial charge on any atom is 0.248 e. The van der Waals surface area contributed by atoms with Gasteiger partial charge in [0.2, 0.25) is 5.91 Å². The Labute approximate surface area is 168 Å². The van der Waals surface area contributed by atoms with Gasteiger partial charge in [-0.25, -0.2) is 4.39 Å². The summed E-state index contributed by atoms with van der Waals surface area (Å²) in [5, 5.41) is 2.82. The quantitative estimate of drug-likeness (QED) is 0.377. The molecular weight excluding hydrogens is 435 g/mol. The van der Waals surface area contributed by atoms with Crippen LogP contribution in [0.25, 0.3) is 17.4 Å². The lowest BCUT2D eigenvalue weighted by molar-refractivity contribution is -0.111. The van der Waals surface area contributed by atoms with Gasteiger partial charge < -0.3 is 15.5 Å². The van der Waals surface area contributed by atoms with Crippen molar-refractivity contribution in [1.29, 1.82) is 0 Å². The number of aryl methyl sites for hydroxylation is 1. The topological polar surface area (TPSA) is 68.3 Å². The molecule has 0 aliphatic heterocycles. The minimum atomic E-state index is -0.493. The molecule has 0 aliphatic rings. The van der Waals surface area contributed by atoms with Crippen molar-refractivity contribution in [3.05, 3.63) is 75.2 Å². The van der Waals surface area contributed by atoms with Crippen molar-refractivity contribution in [3.8, 4) is 11.3 Å². The SMILES string of the molecule is Cc1cc(N)cc(Br)c1NC(=O)/C=C/c1ccc(-c2ccc(F)c(Cl)c2)o1. The molecule has 0 saturated carbocycles. The number of benzene rings is 2. The van der Waals surface area contributed by atoms with Crippen molar-refractivity contribution in [2.24, 2.45) is 0 Å². The first-order valence-electron chi connectivity index (χ1n) is 7.93. The van der Waals surface area contributed by atoms with Crippen molar-refractivity contribution >= 4 is 50.9 Å². The van der Waals surface area contributed by atoms with Crippen molar-refractivity contribution in [2.45, 2.75) is 6.92 Å². The number of nitrogens with two attached hydrogens (primary N) is 1. The molecule has 0 radical (unpaired) electrons. The lowest BCUT2D eigenvalue weighted by Gasteiger charge is -2.10. The molecular formula is C20H15BrClFN2O2. The molecule has 0 spiro atoms. The smallest absolute Gasteiger partial charge is 0.248 e. The van der Waals surface area contributed by atoms with Gasteiger partial charge in [0, 0.05) is 21.8 Å². The third-order valence-corrected chi connectivity index (χ3v) is 4.70. The van der Waals surface area contributed by atoms with E-state index in [1.807, 2.05) is 6.92 Å². The third kappa shape index (κ3) is 4.59. The summed E-state index contributed by atoms with van der Waals surface area (Å²) in [6, 6.07) is 11.3. The molecule has 27 heavy (non-hydrogen) atoms. The van der Waals surface area contributed by atoms with Crippen LogP contribution in [0.1, 0.15) is 11.3 Å². The van der Waals surface area contributed by atoms with Crippen LogP contribution >= 0.6 is 27.5 Å². The highest BCUT2D eigenvalue weighted by atomic mass is 79.9. The Balaban J connectivity index is 1.72. The molecule has 3 aromatic rings. The average molecular weight is 450 g/mol. The molecule has 138 valence electrons. The molecule has 2 aromatic carbocycles. The molecule has 3 N–H and O–H groups in total. The van der Waals surface area contributed by atoms with Crippen LogP contribution in [0.4, 0.5) is 15.8 Å². The Kier molecular flexibility index (Phi) is 5.68. The van der Waals surface area contributed by atoms with Gasteiger partial charge in [0.05, 0.1) is 10.7 Å². The summed E-state index contributed by atoms with van der Waals surface area (Å²) in [5.41, 5.74) is 8.51. The number of nitrogen functional groups attached to an aromatic ring is 1. The number of amides is 1. The first kappa shape index (κ1) is 19.2. The second-order valence-corrected chi connectivity index (χ2v) is 7.11. The molecule has 4 nitrogen and oxygen atoms in total. The summed E-state index contributed by atoms with van der Waals surface area (Å²) in [7, 11) is 0. The summed E-state index contributed by atoms with van der Waals surface area (Å²) in [6.07, 6.45) is 2.91. The van der Waals surface area contributed by atoms with E-state index in [9.17, 15) is 9.18 Å². The van der Waals surface area contributed by atoms with Gasteiger partial charge in [0.15, 0.2) is 0 Å². The number of halogens is 3. The average Bonchev–Trinajstić information content (AvgIpc) is 3.07. The summed E-state index contributed by atoms with van der Waals surface area (Å²) >= 11 is 9.18. The van der Waals surface area contributed by atoms with Gasteiger partial charge in [-0.05, 0) is 77.0 Å². The summed E-state index contributed by atoms with van der Waals surface area (Å²) in [6.45, 7) is 1.85. The molecule has 3 rings (SSSR count). The lowest BCUT2D eigenvalue weighted by Crippen LogP contribution is -2.09. The number of hydrogen-bond acceptors (Lipinski definition) is 3. The second-order valence-electron chi connectivity index (χ2n) is 5.85. The molecule has 0 bridgehead atoms.